The number of nitrogens with zero attached hydrogens (tertiary/aromatic N) is 4. The second-order valence-corrected chi connectivity index (χ2v) is 8.71. The van der Waals surface area contributed by atoms with Crippen molar-refractivity contribution in [3.8, 4) is 11.4 Å². The molecule has 3 N–H and O–H groups in total. The first-order chi connectivity index (χ1) is 13.8. The number of thioether (sulfide) groups is 1. The molecule has 1 amide bonds. The van der Waals surface area contributed by atoms with Gasteiger partial charge in [0, 0.05) is 5.69 Å². The molecule has 0 spiro atoms. The SMILES string of the molecule is CNS(=O)(=O)c1cc(NC(=O)CSc2nnnn2-c2ccc(O)cc2)ccc1C. The third kappa shape index (κ3) is 4.91. The van der Waals surface area contributed by atoms with E-state index in [0.29, 0.717) is 22.1 Å². The molecule has 2 aromatic carbocycles. The van der Waals surface area contributed by atoms with Gasteiger partial charge in [-0.1, -0.05) is 17.8 Å². The van der Waals surface area contributed by atoms with Crippen molar-refractivity contribution < 1.29 is 18.3 Å². The third-order valence-electron chi connectivity index (χ3n) is 3.90. The van der Waals surface area contributed by atoms with Crippen LogP contribution in [0.2, 0.25) is 0 Å². The van der Waals surface area contributed by atoms with Gasteiger partial charge in [-0.3, -0.25) is 4.79 Å². The number of rotatable bonds is 7. The summed E-state index contributed by atoms with van der Waals surface area (Å²) >= 11 is 1.12. The van der Waals surface area contributed by atoms with Gasteiger partial charge >= 0.3 is 0 Å². The number of aromatic hydroxyl groups is 1. The van der Waals surface area contributed by atoms with Crippen LogP contribution in [-0.2, 0) is 14.8 Å². The number of hydrogen-bond donors (Lipinski definition) is 3. The summed E-state index contributed by atoms with van der Waals surface area (Å²) < 4.78 is 27.8. The Morgan fingerprint density at radius 1 is 1.21 bits per heavy atom. The molecule has 0 unspecified atom stereocenters. The van der Waals surface area contributed by atoms with Crippen LogP contribution in [-0.4, -0.2) is 52.4 Å². The zero-order chi connectivity index (χ0) is 21.0. The Hall–Kier alpha value is -2.96. The molecule has 3 aromatic rings. The quantitative estimate of drug-likeness (QED) is 0.473. The molecule has 0 saturated heterocycles. The maximum absolute atomic E-state index is 12.3. The van der Waals surface area contributed by atoms with E-state index in [9.17, 15) is 18.3 Å². The molecule has 1 heterocycles. The summed E-state index contributed by atoms with van der Waals surface area (Å²) in [5, 5.41) is 23.8. The van der Waals surface area contributed by atoms with Crippen LogP contribution in [0, 0.1) is 6.92 Å². The van der Waals surface area contributed by atoms with Gasteiger partial charge in [-0.2, -0.15) is 4.68 Å². The van der Waals surface area contributed by atoms with E-state index in [1.165, 1.54) is 29.9 Å². The smallest absolute Gasteiger partial charge is 0.240 e. The lowest BCUT2D eigenvalue weighted by molar-refractivity contribution is -0.113. The molecule has 152 valence electrons. The standard InChI is InChI=1S/C17H18N6O4S2/c1-11-3-4-12(9-15(11)29(26,27)18-2)19-16(25)10-28-17-20-21-22-23(17)13-5-7-14(24)8-6-13/h3-9,18,24H,10H2,1-2H3,(H,19,25). The van der Waals surface area contributed by atoms with Gasteiger partial charge in [-0.15, -0.1) is 5.10 Å². The Kier molecular flexibility index (Phi) is 6.15. The van der Waals surface area contributed by atoms with Crippen LogP contribution in [0.4, 0.5) is 5.69 Å². The molecule has 0 aliphatic carbocycles. The second kappa shape index (κ2) is 8.59. The van der Waals surface area contributed by atoms with Crippen LogP contribution in [0.1, 0.15) is 5.56 Å². The third-order valence-corrected chi connectivity index (χ3v) is 6.37. The van der Waals surface area contributed by atoms with Crippen LogP contribution >= 0.6 is 11.8 Å². The molecule has 12 heteroatoms. The molecule has 0 aliphatic rings. The molecule has 10 nitrogen and oxygen atoms in total. The van der Waals surface area contributed by atoms with Gasteiger partial charge in [0.25, 0.3) is 0 Å². The summed E-state index contributed by atoms with van der Waals surface area (Å²) in [7, 11) is -2.30. The summed E-state index contributed by atoms with van der Waals surface area (Å²) in [6, 6.07) is 11.0. The summed E-state index contributed by atoms with van der Waals surface area (Å²) in [6.07, 6.45) is 0. The van der Waals surface area contributed by atoms with Crippen molar-refractivity contribution in [1.29, 1.82) is 0 Å². The number of phenols is 1. The van der Waals surface area contributed by atoms with E-state index in [1.54, 1.807) is 31.2 Å². The number of hydrogen-bond acceptors (Lipinski definition) is 8. The lowest BCUT2D eigenvalue weighted by Crippen LogP contribution is -2.20. The van der Waals surface area contributed by atoms with Crippen molar-refractivity contribution in [2.75, 3.05) is 18.1 Å². The number of carbonyl (C=O) groups excluding carboxylic acids is 1. The van der Waals surface area contributed by atoms with Gasteiger partial charge in [-0.05, 0) is 66.4 Å². The zero-order valence-electron chi connectivity index (χ0n) is 15.5. The molecule has 29 heavy (non-hydrogen) atoms. The fourth-order valence-electron chi connectivity index (χ4n) is 2.43. The molecule has 0 fully saturated rings. The number of benzene rings is 2. The number of carbonyl (C=O) groups is 1. The Morgan fingerprint density at radius 2 is 1.93 bits per heavy atom. The van der Waals surface area contributed by atoms with E-state index in [2.05, 4.69) is 25.6 Å². The van der Waals surface area contributed by atoms with Gasteiger partial charge in [0.15, 0.2) is 0 Å². The van der Waals surface area contributed by atoms with Crippen LogP contribution in [0.5, 0.6) is 5.75 Å². The Labute approximate surface area is 171 Å². The Bertz CT molecular complexity index is 1130. The summed E-state index contributed by atoms with van der Waals surface area (Å²) in [4.78, 5) is 12.4. The van der Waals surface area contributed by atoms with E-state index in [4.69, 9.17) is 0 Å². The van der Waals surface area contributed by atoms with Gasteiger partial charge in [0.1, 0.15) is 5.75 Å². The van der Waals surface area contributed by atoms with Crippen LogP contribution < -0.4 is 10.0 Å². The number of phenolic OH excluding ortho intramolecular Hbond substituents is 1. The van der Waals surface area contributed by atoms with Crippen molar-refractivity contribution in [3.63, 3.8) is 0 Å². The minimum absolute atomic E-state index is 0.0143. The molecular formula is C17H18N6O4S2. The summed E-state index contributed by atoms with van der Waals surface area (Å²) in [5.74, 6) is -0.208. The number of anilines is 1. The number of sulfonamides is 1. The maximum Gasteiger partial charge on any atom is 0.240 e. The lowest BCUT2D eigenvalue weighted by atomic mass is 10.2. The average molecular weight is 435 g/mol. The second-order valence-electron chi connectivity index (χ2n) is 5.91. The largest absolute Gasteiger partial charge is 0.508 e. The van der Waals surface area contributed by atoms with E-state index < -0.39 is 10.0 Å². The van der Waals surface area contributed by atoms with Crippen molar-refractivity contribution in [3.05, 3.63) is 48.0 Å². The highest BCUT2D eigenvalue weighted by Gasteiger charge is 2.16. The molecular weight excluding hydrogens is 416 g/mol. The number of amides is 1. The number of tetrazole rings is 1. The average Bonchev–Trinajstić information content (AvgIpc) is 3.17. The predicted octanol–water partition coefficient (Wildman–Crippen LogP) is 1.32. The van der Waals surface area contributed by atoms with Crippen molar-refractivity contribution in [2.45, 2.75) is 17.0 Å². The topological polar surface area (TPSA) is 139 Å². The van der Waals surface area contributed by atoms with Gasteiger partial charge < -0.3 is 10.4 Å². The van der Waals surface area contributed by atoms with Crippen LogP contribution in [0.15, 0.2) is 52.5 Å². The van der Waals surface area contributed by atoms with E-state index in [-0.39, 0.29) is 22.3 Å². The first-order valence-corrected chi connectivity index (χ1v) is 10.8. The fourth-order valence-corrected chi connectivity index (χ4v) is 4.11. The summed E-state index contributed by atoms with van der Waals surface area (Å²) in [5.41, 5.74) is 1.57. The van der Waals surface area contributed by atoms with Crippen molar-refractivity contribution in [2.24, 2.45) is 0 Å². The Morgan fingerprint density at radius 3 is 2.62 bits per heavy atom. The van der Waals surface area contributed by atoms with Gasteiger partial charge in [0.05, 0.1) is 16.3 Å². The van der Waals surface area contributed by atoms with Crippen LogP contribution in [0.25, 0.3) is 5.69 Å². The number of aryl methyl sites for hydroxylation is 1. The van der Waals surface area contributed by atoms with Crippen LogP contribution in [0.3, 0.4) is 0 Å². The monoisotopic (exact) mass is 434 g/mol. The highest BCUT2D eigenvalue weighted by atomic mass is 32.2. The van der Waals surface area contributed by atoms with E-state index in [1.807, 2.05) is 0 Å². The number of aromatic nitrogens is 4. The zero-order valence-corrected chi connectivity index (χ0v) is 17.2. The normalized spacial score (nSPS) is 11.4. The lowest BCUT2D eigenvalue weighted by Gasteiger charge is -2.10. The van der Waals surface area contributed by atoms with E-state index in [0.717, 1.165) is 11.8 Å². The minimum Gasteiger partial charge on any atom is -0.508 e. The predicted molar refractivity (Wildman–Crippen MR) is 108 cm³/mol. The fraction of sp³-hybridized carbons (Fsp3) is 0.176. The molecule has 1 aromatic heterocycles. The van der Waals surface area contributed by atoms with Gasteiger partial charge in [0.2, 0.25) is 21.1 Å². The van der Waals surface area contributed by atoms with Crippen molar-refractivity contribution in [1.82, 2.24) is 24.9 Å². The highest BCUT2D eigenvalue weighted by Crippen LogP contribution is 2.22. The minimum atomic E-state index is -3.63. The molecule has 3 rings (SSSR count). The number of nitrogens with one attached hydrogen (secondary N) is 2. The molecule has 0 atom stereocenters. The Balaban J connectivity index is 1.68. The molecule has 0 radical (unpaired) electrons. The summed E-state index contributed by atoms with van der Waals surface area (Å²) in [6.45, 7) is 1.68. The first-order valence-electron chi connectivity index (χ1n) is 8.35. The maximum atomic E-state index is 12.3. The first kappa shape index (κ1) is 20.8. The molecule has 0 bridgehead atoms. The van der Waals surface area contributed by atoms with Crippen molar-refractivity contribution >= 4 is 33.4 Å². The molecule has 0 aliphatic heterocycles. The van der Waals surface area contributed by atoms with Gasteiger partial charge in [-0.25, -0.2) is 13.1 Å². The van der Waals surface area contributed by atoms with E-state index >= 15 is 0 Å². The molecule has 0 saturated carbocycles. The highest BCUT2D eigenvalue weighted by molar-refractivity contribution is 7.99.